The lowest BCUT2D eigenvalue weighted by Gasteiger charge is -2.24. The number of nitrogens with zero attached hydrogens (tertiary/aromatic N) is 2. The van der Waals surface area contributed by atoms with E-state index in [0.29, 0.717) is 17.7 Å². The molecule has 21 heavy (non-hydrogen) atoms. The summed E-state index contributed by atoms with van der Waals surface area (Å²) in [7, 11) is 1.46. The lowest BCUT2D eigenvalue weighted by molar-refractivity contribution is 0.0581. The lowest BCUT2D eigenvalue weighted by Crippen LogP contribution is -2.20. The van der Waals surface area contributed by atoms with Crippen LogP contribution < -0.4 is 0 Å². The van der Waals surface area contributed by atoms with Crippen molar-refractivity contribution in [3.63, 3.8) is 0 Å². The molecule has 4 nitrogen and oxygen atoms in total. The topological polar surface area (TPSA) is 44.1 Å². The van der Waals surface area contributed by atoms with Crippen molar-refractivity contribution in [1.82, 2.24) is 9.78 Å². The fourth-order valence-corrected chi connectivity index (χ4v) is 3.87. The minimum Gasteiger partial charge on any atom is -0.464 e. The number of methoxy groups -OCH3 is 1. The molecule has 0 N–H and O–H groups in total. The normalized spacial score (nSPS) is 21.4. The average Bonchev–Trinajstić information content (AvgIpc) is 3.01. The number of hydrogen-bond donors (Lipinski definition) is 0. The van der Waals surface area contributed by atoms with E-state index < -0.39 is 0 Å². The predicted octanol–water partition coefficient (Wildman–Crippen LogP) is 4.22. The molecule has 1 heterocycles. The second-order valence-corrected chi connectivity index (χ2v) is 6.52. The van der Waals surface area contributed by atoms with Gasteiger partial charge in [0.15, 0.2) is 0 Å². The summed E-state index contributed by atoms with van der Waals surface area (Å²) in [5, 5.41) is 4.84. The van der Waals surface area contributed by atoms with Crippen LogP contribution in [0.15, 0.2) is 6.07 Å². The van der Waals surface area contributed by atoms with Crippen LogP contribution in [-0.4, -0.2) is 22.9 Å². The molecule has 2 aliphatic carbocycles. The molecule has 116 valence electrons. The van der Waals surface area contributed by atoms with Crippen molar-refractivity contribution in [3.8, 4) is 0 Å². The minimum atomic E-state index is -0.241. The van der Waals surface area contributed by atoms with Crippen LogP contribution in [0.5, 0.6) is 0 Å². The molecule has 0 spiro atoms. The Labute approximate surface area is 126 Å². The highest BCUT2D eigenvalue weighted by Gasteiger charge is 2.27. The van der Waals surface area contributed by atoms with Crippen LogP contribution in [-0.2, 0) is 4.74 Å². The van der Waals surface area contributed by atoms with Crippen molar-refractivity contribution in [1.29, 1.82) is 0 Å². The summed E-state index contributed by atoms with van der Waals surface area (Å²) in [6, 6.07) is 2.38. The van der Waals surface area contributed by atoms with Crippen LogP contribution in [0.4, 0.5) is 0 Å². The zero-order chi connectivity index (χ0) is 14.7. The molecule has 2 aliphatic rings. The van der Waals surface area contributed by atoms with Crippen LogP contribution in [0.2, 0.25) is 0 Å². The van der Waals surface area contributed by atoms with Crippen molar-refractivity contribution < 1.29 is 9.53 Å². The van der Waals surface area contributed by atoms with Gasteiger partial charge in [0.1, 0.15) is 5.69 Å². The van der Waals surface area contributed by atoms with Gasteiger partial charge in [-0.2, -0.15) is 5.10 Å². The zero-order valence-electron chi connectivity index (χ0n) is 13.0. The number of rotatable bonds is 3. The summed E-state index contributed by atoms with van der Waals surface area (Å²) in [5.74, 6) is 0.294. The molecule has 1 aromatic rings. The quantitative estimate of drug-likeness (QED) is 0.783. The van der Waals surface area contributed by atoms with Crippen molar-refractivity contribution in [2.24, 2.45) is 0 Å². The molecular formula is C17H26N2O2. The molecule has 0 aliphatic heterocycles. The van der Waals surface area contributed by atoms with Gasteiger partial charge in [0.2, 0.25) is 0 Å². The van der Waals surface area contributed by atoms with Gasteiger partial charge < -0.3 is 4.74 Å². The Bertz CT molecular complexity index is 483. The van der Waals surface area contributed by atoms with Crippen LogP contribution in [0.1, 0.15) is 92.4 Å². The van der Waals surface area contributed by atoms with E-state index in [1.807, 2.05) is 10.7 Å². The Kier molecular flexibility index (Phi) is 4.61. The lowest BCUT2D eigenvalue weighted by atomic mass is 9.87. The Morgan fingerprint density at radius 2 is 1.71 bits per heavy atom. The molecule has 4 heteroatoms. The molecule has 0 aromatic carbocycles. The van der Waals surface area contributed by atoms with E-state index in [1.54, 1.807) is 0 Å². The maximum Gasteiger partial charge on any atom is 0.356 e. The van der Waals surface area contributed by atoms with Gasteiger partial charge >= 0.3 is 5.97 Å². The van der Waals surface area contributed by atoms with Crippen molar-refractivity contribution in [3.05, 3.63) is 17.5 Å². The maximum atomic E-state index is 12.1. The fourth-order valence-electron chi connectivity index (χ4n) is 3.87. The van der Waals surface area contributed by atoms with E-state index in [1.165, 1.54) is 58.5 Å². The van der Waals surface area contributed by atoms with E-state index >= 15 is 0 Å². The Hall–Kier alpha value is -1.32. The number of hydrogen-bond acceptors (Lipinski definition) is 3. The highest BCUT2D eigenvalue weighted by Crippen LogP contribution is 2.35. The van der Waals surface area contributed by atoms with E-state index in [2.05, 4.69) is 0 Å². The van der Waals surface area contributed by atoms with Gasteiger partial charge in [-0.25, -0.2) is 4.79 Å². The van der Waals surface area contributed by atoms with Crippen molar-refractivity contribution >= 4 is 5.97 Å². The number of ether oxygens (including phenoxy) is 1. The molecule has 0 amide bonds. The standard InChI is InChI=1S/C17H26N2O2/c1-21-17(20)16-12-15(13-8-4-2-5-9-13)18-19(16)14-10-6-3-7-11-14/h12-14H,2-11H2,1H3. The molecule has 1 aromatic heterocycles. The summed E-state index contributed by atoms with van der Waals surface area (Å²) in [5.41, 5.74) is 1.77. The Balaban J connectivity index is 1.88. The van der Waals surface area contributed by atoms with Gasteiger partial charge in [-0.05, 0) is 31.7 Å². The first kappa shape index (κ1) is 14.6. The summed E-state index contributed by atoms with van der Waals surface area (Å²) < 4.78 is 6.95. The largest absolute Gasteiger partial charge is 0.464 e. The summed E-state index contributed by atoms with van der Waals surface area (Å²) in [4.78, 5) is 12.1. The monoisotopic (exact) mass is 290 g/mol. The Morgan fingerprint density at radius 3 is 2.33 bits per heavy atom. The number of aromatic nitrogens is 2. The second kappa shape index (κ2) is 6.63. The van der Waals surface area contributed by atoms with Gasteiger partial charge in [-0.15, -0.1) is 0 Å². The summed E-state index contributed by atoms with van der Waals surface area (Å²) >= 11 is 0. The van der Waals surface area contributed by atoms with Gasteiger partial charge in [0, 0.05) is 5.92 Å². The molecule has 0 saturated heterocycles. The first-order valence-electron chi connectivity index (χ1n) is 8.47. The molecule has 3 rings (SSSR count). The predicted molar refractivity (Wildman–Crippen MR) is 81.5 cm³/mol. The molecule has 2 saturated carbocycles. The molecule has 0 unspecified atom stereocenters. The number of carbonyl (C=O) groups excluding carboxylic acids is 1. The van der Waals surface area contributed by atoms with Gasteiger partial charge in [0.05, 0.1) is 18.8 Å². The minimum absolute atomic E-state index is 0.241. The average molecular weight is 290 g/mol. The summed E-state index contributed by atoms with van der Waals surface area (Å²) in [6.07, 6.45) is 12.4. The molecule has 0 atom stereocenters. The van der Waals surface area contributed by atoms with Crippen LogP contribution in [0, 0.1) is 0 Å². The third-order valence-corrected chi connectivity index (χ3v) is 5.09. The molecule has 2 fully saturated rings. The molecule has 0 radical (unpaired) electrons. The maximum absolute atomic E-state index is 12.1. The van der Waals surface area contributed by atoms with E-state index in [4.69, 9.17) is 9.84 Å². The fraction of sp³-hybridized carbons (Fsp3) is 0.765. The smallest absolute Gasteiger partial charge is 0.356 e. The second-order valence-electron chi connectivity index (χ2n) is 6.52. The van der Waals surface area contributed by atoms with Gasteiger partial charge in [-0.1, -0.05) is 38.5 Å². The SMILES string of the molecule is COC(=O)c1cc(C2CCCCC2)nn1C1CCCCC1. The number of carbonyl (C=O) groups is 1. The van der Waals surface area contributed by atoms with Gasteiger partial charge in [0.25, 0.3) is 0 Å². The summed E-state index contributed by atoms with van der Waals surface area (Å²) in [6.45, 7) is 0. The first-order valence-corrected chi connectivity index (χ1v) is 8.47. The van der Waals surface area contributed by atoms with Crippen LogP contribution in [0.3, 0.4) is 0 Å². The van der Waals surface area contributed by atoms with Gasteiger partial charge in [-0.3, -0.25) is 4.68 Å². The molecule has 0 bridgehead atoms. The van der Waals surface area contributed by atoms with E-state index in [-0.39, 0.29) is 5.97 Å². The van der Waals surface area contributed by atoms with Crippen LogP contribution in [0.25, 0.3) is 0 Å². The highest BCUT2D eigenvalue weighted by molar-refractivity contribution is 5.87. The van der Waals surface area contributed by atoms with E-state index in [9.17, 15) is 4.79 Å². The third-order valence-electron chi connectivity index (χ3n) is 5.09. The van der Waals surface area contributed by atoms with E-state index in [0.717, 1.165) is 18.5 Å². The number of esters is 1. The highest BCUT2D eigenvalue weighted by atomic mass is 16.5. The Morgan fingerprint density at radius 1 is 1.10 bits per heavy atom. The zero-order valence-corrected chi connectivity index (χ0v) is 13.0. The third kappa shape index (κ3) is 3.14. The van der Waals surface area contributed by atoms with Crippen molar-refractivity contribution in [2.45, 2.75) is 76.2 Å². The van der Waals surface area contributed by atoms with Crippen molar-refractivity contribution in [2.75, 3.05) is 7.11 Å². The van der Waals surface area contributed by atoms with Crippen LogP contribution >= 0.6 is 0 Å². The molecular weight excluding hydrogens is 264 g/mol. The first-order chi connectivity index (χ1) is 10.3.